The van der Waals surface area contributed by atoms with E-state index in [2.05, 4.69) is 50.3 Å². The van der Waals surface area contributed by atoms with Crippen LogP contribution in [0, 0.1) is 0 Å². The molecular weight excluding hydrogens is 954 g/mol. The van der Waals surface area contributed by atoms with Crippen LogP contribution in [0.25, 0.3) is 0 Å². The number of likely N-dealkylation sites (N-methyl/N-ethyl adjacent to an activating group) is 1. The van der Waals surface area contributed by atoms with Crippen LogP contribution in [0.5, 0.6) is 0 Å². The van der Waals surface area contributed by atoms with E-state index >= 15 is 0 Å². The predicted octanol–water partition coefficient (Wildman–Crippen LogP) is 19.7. The van der Waals surface area contributed by atoms with Gasteiger partial charge in [0.15, 0.2) is 6.10 Å². The van der Waals surface area contributed by atoms with E-state index in [0.717, 1.165) is 44.9 Å². The average Bonchev–Trinajstić information content (AvgIpc) is 3.37. The van der Waals surface area contributed by atoms with E-state index in [9.17, 15) is 19.0 Å². The molecule has 0 aliphatic rings. The molecule has 0 fully saturated rings. The number of esters is 2. The summed E-state index contributed by atoms with van der Waals surface area (Å²) in [5.74, 6) is -0.815. The van der Waals surface area contributed by atoms with Gasteiger partial charge in [0.2, 0.25) is 0 Å². The Morgan fingerprint density at radius 2 is 0.720 bits per heavy atom. The summed E-state index contributed by atoms with van der Waals surface area (Å²) >= 11 is 0. The van der Waals surface area contributed by atoms with Gasteiger partial charge in [0.25, 0.3) is 7.82 Å². The molecule has 0 saturated heterocycles. The Bertz CT molecular complexity index is 1360. The van der Waals surface area contributed by atoms with Crippen molar-refractivity contribution in [2.24, 2.45) is 0 Å². The van der Waals surface area contributed by atoms with Crippen molar-refractivity contribution < 1.29 is 42.1 Å². The van der Waals surface area contributed by atoms with Gasteiger partial charge in [0.05, 0.1) is 27.7 Å². The minimum absolute atomic E-state index is 0.0274. The molecule has 0 bridgehead atoms. The number of rotatable bonds is 60. The fourth-order valence-electron chi connectivity index (χ4n) is 9.43. The lowest BCUT2D eigenvalue weighted by atomic mass is 10.0. The highest BCUT2D eigenvalue weighted by Gasteiger charge is 2.22. The average molecular weight is 1080 g/mol. The van der Waals surface area contributed by atoms with Crippen LogP contribution in [0.15, 0.2) is 36.5 Å². The Morgan fingerprint density at radius 3 is 1.07 bits per heavy atom. The topological polar surface area (TPSA) is 111 Å². The first-order chi connectivity index (χ1) is 36.5. The molecule has 0 aromatic heterocycles. The summed E-state index contributed by atoms with van der Waals surface area (Å²) < 4.78 is 34.2. The zero-order valence-electron chi connectivity index (χ0n) is 50.3. The highest BCUT2D eigenvalue weighted by molar-refractivity contribution is 7.45. The first-order valence-electron chi connectivity index (χ1n) is 32.2. The number of phosphoric acid groups is 1. The molecule has 0 N–H and O–H groups in total. The van der Waals surface area contributed by atoms with Crippen LogP contribution in [0.1, 0.15) is 316 Å². The van der Waals surface area contributed by atoms with Gasteiger partial charge in [-0.1, -0.05) is 288 Å². The zero-order valence-corrected chi connectivity index (χ0v) is 51.2. The minimum atomic E-state index is -4.63. The van der Waals surface area contributed by atoms with Crippen molar-refractivity contribution in [3.05, 3.63) is 36.5 Å². The van der Waals surface area contributed by atoms with Crippen LogP contribution >= 0.6 is 7.82 Å². The number of hydrogen-bond donors (Lipinski definition) is 0. The third-order valence-electron chi connectivity index (χ3n) is 14.4. The molecule has 0 spiro atoms. The van der Waals surface area contributed by atoms with Crippen LogP contribution in [0.2, 0.25) is 0 Å². The quantitative estimate of drug-likeness (QED) is 0.0195. The summed E-state index contributed by atoms with van der Waals surface area (Å²) in [4.78, 5) is 37.8. The van der Waals surface area contributed by atoms with Gasteiger partial charge in [-0.05, 0) is 51.4 Å². The van der Waals surface area contributed by atoms with E-state index in [1.54, 1.807) is 0 Å². The number of allylic oxidation sites excluding steroid dienone is 6. The predicted molar refractivity (Wildman–Crippen MR) is 319 cm³/mol. The molecule has 0 aliphatic carbocycles. The molecule has 0 aromatic rings. The molecule has 2 unspecified atom stereocenters. The number of unbranched alkanes of at least 4 members (excludes halogenated alkanes) is 40. The van der Waals surface area contributed by atoms with Gasteiger partial charge >= 0.3 is 11.9 Å². The van der Waals surface area contributed by atoms with Gasteiger partial charge in [-0.25, -0.2) is 0 Å². The second kappa shape index (κ2) is 56.9. The monoisotopic (exact) mass is 1080 g/mol. The van der Waals surface area contributed by atoms with E-state index in [0.29, 0.717) is 17.4 Å². The Labute approximate surface area is 465 Å². The first kappa shape index (κ1) is 73.2. The van der Waals surface area contributed by atoms with Crippen molar-refractivity contribution in [1.29, 1.82) is 0 Å². The van der Waals surface area contributed by atoms with Crippen molar-refractivity contribution in [2.45, 2.75) is 322 Å². The molecule has 2 atom stereocenters. The molecule has 0 aromatic carbocycles. The van der Waals surface area contributed by atoms with Crippen molar-refractivity contribution in [3.63, 3.8) is 0 Å². The molecule has 9 nitrogen and oxygen atoms in total. The number of ether oxygens (including phenoxy) is 2. The second-order valence-electron chi connectivity index (χ2n) is 23.1. The minimum Gasteiger partial charge on any atom is -0.756 e. The fraction of sp³-hybridized carbons (Fsp3) is 0.877. The van der Waals surface area contributed by atoms with Gasteiger partial charge in [0.1, 0.15) is 19.8 Å². The largest absolute Gasteiger partial charge is 0.756 e. The number of carbonyl (C=O) groups excluding carboxylic acids is 2. The van der Waals surface area contributed by atoms with E-state index < -0.39 is 26.5 Å². The third-order valence-corrected chi connectivity index (χ3v) is 15.4. The molecule has 10 heteroatoms. The molecule has 0 amide bonds. The van der Waals surface area contributed by atoms with Gasteiger partial charge in [0, 0.05) is 12.8 Å². The molecule has 0 saturated carbocycles. The summed E-state index contributed by atoms with van der Waals surface area (Å²) in [5, 5.41) is 0. The van der Waals surface area contributed by atoms with E-state index in [-0.39, 0.29) is 32.0 Å². The van der Waals surface area contributed by atoms with Crippen LogP contribution in [-0.4, -0.2) is 70.0 Å². The third kappa shape index (κ3) is 61.3. The molecule has 0 rings (SSSR count). The smallest absolute Gasteiger partial charge is 0.306 e. The maximum atomic E-state index is 12.8. The summed E-state index contributed by atoms with van der Waals surface area (Å²) in [7, 11) is 1.18. The summed E-state index contributed by atoms with van der Waals surface area (Å²) in [5.41, 5.74) is 0. The molecule has 442 valence electrons. The summed E-state index contributed by atoms with van der Waals surface area (Å²) in [6.45, 7) is 4.27. The highest BCUT2D eigenvalue weighted by Crippen LogP contribution is 2.38. The second-order valence-corrected chi connectivity index (χ2v) is 24.5. The normalized spacial score (nSPS) is 13.4. The fourth-order valence-corrected chi connectivity index (χ4v) is 10.2. The lowest BCUT2D eigenvalue weighted by molar-refractivity contribution is -0.870. The molecule has 75 heavy (non-hydrogen) atoms. The van der Waals surface area contributed by atoms with Crippen LogP contribution in [-0.2, 0) is 32.7 Å². The van der Waals surface area contributed by atoms with E-state index in [4.69, 9.17) is 18.5 Å². The Kier molecular flexibility index (Phi) is 55.6. The summed E-state index contributed by atoms with van der Waals surface area (Å²) in [6, 6.07) is 0. The molecular formula is C65H124NO8P. The Hall–Kier alpha value is -1.77. The Morgan fingerprint density at radius 1 is 0.413 bits per heavy atom. The van der Waals surface area contributed by atoms with Gasteiger partial charge in [-0.3, -0.25) is 14.2 Å². The van der Waals surface area contributed by atoms with Gasteiger partial charge in [-0.15, -0.1) is 0 Å². The highest BCUT2D eigenvalue weighted by atomic mass is 31.2. The maximum Gasteiger partial charge on any atom is 0.306 e. The van der Waals surface area contributed by atoms with Crippen LogP contribution in [0.3, 0.4) is 0 Å². The SMILES string of the molecule is CCCCCCC/C=C\C/C=C\C/C=C\CCCCCCCCCCCCCCCCCCCCCCCCC(=O)OC(COC(=O)CCCCCCCCCCCCCCCC)COP(=O)([O-])OCC[N+](C)(C)C. The van der Waals surface area contributed by atoms with Crippen LogP contribution in [0.4, 0.5) is 0 Å². The summed E-state index contributed by atoms with van der Waals surface area (Å²) in [6.07, 6.45) is 70.8. The number of nitrogens with zero attached hydrogens (tertiary/aromatic N) is 1. The zero-order chi connectivity index (χ0) is 54.9. The lowest BCUT2D eigenvalue weighted by Crippen LogP contribution is -2.37. The van der Waals surface area contributed by atoms with Crippen molar-refractivity contribution >= 4 is 19.8 Å². The number of quaternary nitrogens is 1. The maximum absolute atomic E-state index is 12.8. The van der Waals surface area contributed by atoms with Gasteiger partial charge < -0.3 is 27.9 Å². The van der Waals surface area contributed by atoms with Gasteiger partial charge in [-0.2, -0.15) is 0 Å². The number of hydrogen-bond acceptors (Lipinski definition) is 8. The standard InChI is InChI=1S/C65H124NO8P/c1-6-8-10-12-14-16-18-20-22-23-24-25-26-27-28-29-30-31-32-33-34-35-36-37-38-39-40-41-42-43-44-46-48-50-52-54-56-58-65(68)74-63(62-73-75(69,70)72-60-59-66(3,4)5)61-71-64(67)57-55-53-51-49-47-45-21-19-17-15-13-11-9-7-2/h18,20,23-24,26-27,63H,6-17,19,21-22,25,28-62H2,1-5H3/b20-18-,24-23-,27-26-. The first-order valence-corrected chi connectivity index (χ1v) is 33.7. The number of carbonyl (C=O) groups is 2. The van der Waals surface area contributed by atoms with Crippen LogP contribution < -0.4 is 4.89 Å². The van der Waals surface area contributed by atoms with Crippen molar-refractivity contribution in [2.75, 3.05) is 47.5 Å². The van der Waals surface area contributed by atoms with Crippen molar-refractivity contribution in [3.8, 4) is 0 Å². The Balaban J connectivity index is 3.92. The molecule has 0 aliphatic heterocycles. The molecule has 0 heterocycles. The number of phosphoric ester groups is 1. The van der Waals surface area contributed by atoms with E-state index in [1.807, 2.05) is 21.1 Å². The molecule has 0 radical (unpaired) electrons. The lowest BCUT2D eigenvalue weighted by Gasteiger charge is -2.28. The van der Waals surface area contributed by atoms with E-state index in [1.165, 1.54) is 238 Å². The van der Waals surface area contributed by atoms with Crippen molar-refractivity contribution in [1.82, 2.24) is 0 Å².